The van der Waals surface area contributed by atoms with Crippen molar-refractivity contribution in [2.24, 2.45) is 0 Å². The quantitative estimate of drug-likeness (QED) is 0.441. The minimum Gasteiger partial charge on any atom is -0.428 e. The Balaban J connectivity index is 0.00000171. The van der Waals surface area contributed by atoms with Gasteiger partial charge < -0.3 is 20.1 Å². The number of hydrogen-bond donors (Lipinski definition) is 3. The summed E-state index contributed by atoms with van der Waals surface area (Å²) >= 11 is 0. The van der Waals surface area contributed by atoms with Crippen LogP contribution in [0.3, 0.4) is 0 Å². The molecule has 28 heavy (non-hydrogen) atoms. The van der Waals surface area contributed by atoms with Gasteiger partial charge in [0.15, 0.2) is 0 Å². The minimum absolute atomic E-state index is 0.413. The molecule has 2 aromatic carbocycles. The maximum absolute atomic E-state index is 11.5. The van der Waals surface area contributed by atoms with Crippen LogP contribution < -0.4 is 16.0 Å². The van der Waals surface area contributed by atoms with Gasteiger partial charge in [-0.2, -0.15) is 0 Å². The maximum Gasteiger partial charge on any atom is 0.414 e. The van der Waals surface area contributed by atoms with Crippen LogP contribution in [0.1, 0.15) is 34.6 Å². The molecular formula is C21H31N3O4. The van der Waals surface area contributed by atoms with Crippen molar-refractivity contribution in [3.05, 3.63) is 48.5 Å². The zero-order valence-electron chi connectivity index (χ0n) is 17.5. The molecule has 0 radical (unpaired) electrons. The van der Waals surface area contributed by atoms with Gasteiger partial charge in [0, 0.05) is 36.7 Å². The van der Waals surface area contributed by atoms with Crippen LogP contribution in [0, 0.1) is 0 Å². The van der Waals surface area contributed by atoms with Gasteiger partial charge in [-0.05, 0) is 48.5 Å². The molecule has 0 aliphatic rings. The van der Waals surface area contributed by atoms with Crippen molar-refractivity contribution in [2.45, 2.75) is 34.6 Å². The standard InChI is InChI=1S/C17H19N3O4.2C2H6/c1-12(21)23-11-24-17(22)20-16-9-7-15(8-10-16)19-14-5-3-13(18-2)4-6-14;2*1-2/h3-10,18-19H,11H2,1-2H3,(H,20,22);2*1-2H3. The number of nitrogens with one attached hydrogen (secondary N) is 3. The van der Waals surface area contributed by atoms with Gasteiger partial charge in [-0.15, -0.1) is 0 Å². The largest absolute Gasteiger partial charge is 0.428 e. The lowest BCUT2D eigenvalue weighted by atomic mass is 10.2. The van der Waals surface area contributed by atoms with Crippen LogP contribution in [-0.4, -0.2) is 25.9 Å². The van der Waals surface area contributed by atoms with Crippen molar-refractivity contribution in [1.29, 1.82) is 0 Å². The highest BCUT2D eigenvalue weighted by Gasteiger charge is 2.04. The van der Waals surface area contributed by atoms with Crippen molar-refractivity contribution in [1.82, 2.24) is 0 Å². The predicted octanol–water partition coefficient (Wildman–Crippen LogP) is 5.59. The van der Waals surface area contributed by atoms with Crippen molar-refractivity contribution in [3.8, 4) is 0 Å². The van der Waals surface area contributed by atoms with Crippen LogP contribution in [0.5, 0.6) is 0 Å². The third-order valence-electron chi connectivity index (χ3n) is 3.05. The van der Waals surface area contributed by atoms with Gasteiger partial charge in [0.1, 0.15) is 0 Å². The second-order valence-corrected chi connectivity index (χ2v) is 4.84. The first-order chi connectivity index (χ1) is 13.6. The van der Waals surface area contributed by atoms with Gasteiger partial charge in [0.25, 0.3) is 0 Å². The van der Waals surface area contributed by atoms with E-state index in [2.05, 4.69) is 25.4 Å². The summed E-state index contributed by atoms with van der Waals surface area (Å²) in [6.07, 6.45) is -0.695. The van der Waals surface area contributed by atoms with Crippen molar-refractivity contribution in [3.63, 3.8) is 0 Å². The first-order valence-electron chi connectivity index (χ1n) is 9.29. The molecule has 0 saturated carbocycles. The highest BCUT2D eigenvalue weighted by molar-refractivity contribution is 5.85. The van der Waals surface area contributed by atoms with E-state index in [-0.39, 0.29) is 0 Å². The maximum atomic E-state index is 11.5. The summed E-state index contributed by atoms with van der Waals surface area (Å²) in [4.78, 5) is 22.0. The average molecular weight is 389 g/mol. The molecule has 0 saturated heterocycles. The molecule has 2 rings (SSSR count). The molecule has 0 aromatic heterocycles. The summed E-state index contributed by atoms with van der Waals surface area (Å²) in [6.45, 7) is 8.82. The van der Waals surface area contributed by atoms with Crippen LogP contribution in [0.15, 0.2) is 48.5 Å². The number of benzene rings is 2. The number of amides is 1. The molecule has 0 unspecified atom stereocenters. The fourth-order valence-electron chi connectivity index (χ4n) is 1.84. The highest BCUT2D eigenvalue weighted by Crippen LogP contribution is 2.20. The average Bonchev–Trinajstić information content (AvgIpc) is 2.73. The predicted molar refractivity (Wildman–Crippen MR) is 115 cm³/mol. The zero-order valence-corrected chi connectivity index (χ0v) is 17.5. The van der Waals surface area contributed by atoms with Crippen LogP contribution in [-0.2, 0) is 14.3 Å². The molecule has 0 heterocycles. The van der Waals surface area contributed by atoms with Crippen LogP contribution in [0.2, 0.25) is 0 Å². The van der Waals surface area contributed by atoms with E-state index in [1.54, 1.807) is 12.1 Å². The zero-order chi connectivity index (χ0) is 21.4. The number of ether oxygens (including phenoxy) is 2. The minimum atomic E-state index is -0.695. The Bertz CT molecular complexity index is 686. The van der Waals surface area contributed by atoms with E-state index in [1.807, 2.05) is 71.1 Å². The molecular weight excluding hydrogens is 358 g/mol. The molecule has 0 spiro atoms. The molecule has 0 fully saturated rings. The van der Waals surface area contributed by atoms with Gasteiger partial charge in [-0.1, -0.05) is 27.7 Å². The number of rotatable bonds is 6. The second kappa shape index (κ2) is 14.9. The third-order valence-corrected chi connectivity index (χ3v) is 3.05. The summed E-state index contributed by atoms with van der Waals surface area (Å²) in [5.41, 5.74) is 3.44. The number of esters is 1. The fraction of sp³-hybridized carbons (Fsp3) is 0.333. The molecule has 2 aromatic rings. The van der Waals surface area contributed by atoms with Gasteiger partial charge in [0.05, 0.1) is 0 Å². The molecule has 0 bridgehead atoms. The van der Waals surface area contributed by atoms with Crippen molar-refractivity contribution >= 4 is 34.8 Å². The van der Waals surface area contributed by atoms with Crippen molar-refractivity contribution < 1.29 is 19.1 Å². The Morgan fingerprint density at radius 3 is 1.61 bits per heavy atom. The first-order valence-corrected chi connectivity index (χ1v) is 9.29. The van der Waals surface area contributed by atoms with Gasteiger partial charge in [-0.3, -0.25) is 10.1 Å². The molecule has 3 N–H and O–H groups in total. The lowest BCUT2D eigenvalue weighted by Gasteiger charge is -2.10. The van der Waals surface area contributed by atoms with E-state index in [4.69, 9.17) is 0 Å². The SMILES string of the molecule is CC.CC.CNc1ccc(Nc2ccc(NC(=O)OCOC(C)=O)cc2)cc1. The van der Waals surface area contributed by atoms with Crippen LogP contribution in [0.4, 0.5) is 27.5 Å². The summed E-state index contributed by atoms with van der Waals surface area (Å²) in [7, 11) is 1.87. The number of carbonyl (C=O) groups excluding carboxylic acids is 2. The summed E-state index contributed by atoms with van der Waals surface area (Å²) in [6, 6.07) is 15.0. The molecule has 0 atom stereocenters. The number of carbonyl (C=O) groups is 2. The van der Waals surface area contributed by atoms with E-state index in [9.17, 15) is 9.59 Å². The third kappa shape index (κ3) is 10.1. The summed E-state index contributed by atoms with van der Waals surface area (Å²) in [5, 5.41) is 8.84. The smallest absolute Gasteiger partial charge is 0.414 e. The van der Waals surface area contributed by atoms with Crippen LogP contribution >= 0.6 is 0 Å². The van der Waals surface area contributed by atoms with E-state index in [0.717, 1.165) is 17.1 Å². The fourth-order valence-corrected chi connectivity index (χ4v) is 1.84. The molecule has 7 heteroatoms. The first kappa shape index (κ1) is 24.8. The lowest BCUT2D eigenvalue weighted by Crippen LogP contribution is -2.16. The van der Waals surface area contributed by atoms with E-state index < -0.39 is 18.9 Å². The normalized spacial score (nSPS) is 8.79. The Labute approximate surface area is 167 Å². The van der Waals surface area contributed by atoms with E-state index in [0.29, 0.717) is 5.69 Å². The molecule has 154 valence electrons. The lowest BCUT2D eigenvalue weighted by molar-refractivity contribution is -0.148. The topological polar surface area (TPSA) is 88.7 Å². The number of anilines is 4. The van der Waals surface area contributed by atoms with E-state index in [1.165, 1.54) is 6.92 Å². The van der Waals surface area contributed by atoms with Gasteiger partial charge >= 0.3 is 12.1 Å². The second-order valence-electron chi connectivity index (χ2n) is 4.84. The van der Waals surface area contributed by atoms with E-state index >= 15 is 0 Å². The monoisotopic (exact) mass is 389 g/mol. The van der Waals surface area contributed by atoms with Crippen molar-refractivity contribution in [2.75, 3.05) is 29.8 Å². The Morgan fingerprint density at radius 2 is 1.18 bits per heavy atom. The summed E-state index contributed by atoms with van der Waals surface area (Å²) in [5.74, 6) is -0.513. The summed E-state index contributed by atoms with van der Waals surface area (Å²) < 4.78 is 9.21. The Kier molecular flexibility index (Phi) is 13.2. The van der Waals surface area contributed by atoms with Gasteiger partial charge in [-0.25, -0.2) is 4.79 Å². The Morgan fingerprint density at radius 1 is 0.750 bits per heavy atom. The molecule has 0 aliphatic heterocycles. The molecule has 0 aliphatic carbocycles. The molecule has 7 nitrogen and oxygen atoms in total. The van der Waals surface area contributed by atoms with Crippen LogP contribution in [0.25, 0.3) is 0 Å². The number of hydrogen-bond acceptors (Lipinski definition) is 6. The van der Waals surface area contributed by atoms with Gasteiger partial charge in [0.2, 0.25) is 6.79 Å². The Hall–Kier alpha value is -3.22. The highest BCUT2D eigenvalue weighted by atomic mass is 16.7. The molecule has 1 amide bonds.